The zero-order chi connectivity index (χ0) is 19.3. The molecule has 0 spiro atoms. The first kappa shape index (κ1) is 19.5. The van der Waals surface area contributed by atoms with Crippen molar-refractivity contribution in [3.05, 3.63) is 57.6 Å². The first-order chi connectivity index (χ1) is 12.3. The zero-order valence-electron chi connectivity index (χ0n) is 14.0. The smallest absolute Gasteiger partial charge is 0.248 e. The van der Waals surface area contributed by atoms with Crippen LogP contribution in [0.4, 0.5) is 5.69 Å². The molecule has 2 aromatic carbocycles. The van der Waals surface area contributed by atoms with Gasteiger partial charge < -0.3 is 21.5 Å². The van der Waals surface area contributed by atoms with Gasteiger partial charge in [0.25, 0.3) is 0 Å². The van der Waals surface area contributed by atoms with E-state index in [9.17, 15) is 14.4 Å². The van der Waals surface area contributed by atoms with Crippen LogP contribution in [0.5, 0.6) is 5.75 Å². The van der Waals surface area contributed by atoms with E-state index in [1.807, 2.05) is 18.2 Å². The van der Waals surface area contributed by atoms with Crippen molar-refractivity contribution in [2.24, 2.45) is 11.5 Å². The third kappa shape index (κ3) is 5.06. The second-order valence-electron chi connectivity index (χ2n) is 5.54. The first-order valence-electron chi connectivity index (χ1n) is 7.67. The summed E-state index contributed by atoms with van der Waals surface area (Å²) in [5.74, 6) is -0.993. The van der Waals surface area contributed by atoms with E-state index in [0.29, 0.717) is 12.2 Å². The van der Waals surface area contributed by atoms with Crippen LogP contribution in [0.3, 0.4) is 0 Å². The number of nitrogens with two attached hydrogens (primary N) is 2. The number of rotatable bonds is 7. The van der Waals surface area contributed by atoms with Crippen LogP contribution >= 0.6 is 15.9 Å². The topological polar surface area (TPSA) is 125 Å². The quantitative estimate of drug-likeness (QED) is 0.635. The Bertz CT molecular complexity index is 835. The normalized spacial score (nSPS) is 10.2. The molecule has 0 aliphatic carbocycles. The lowest BCUT2D eigenvalue weighted by atomic mass is 10.1. The van der Waals surface area contributed by atoms with E-state index in [1.54, 1.807) is 7.11 Å². The molecule has 136 valence electrons. The Morgan fingerprint density at radius 3 is 2.15 bits per heavy atom. The van der Waals surface area contributed by atoms with Gasteiger partial charge in [-0.05, 0) is 58.2 Å². The van der Waals surface area contributed by atoms with Gasteiger partial charge in [-0.25, -0.2) is 0 Å². The summed E-state index contributed by atoms with van der Waals surface area (Å²) in [5.41, 5.74) is 11.9. The standard InChI is InChI=1S/C18H18BrN3O4/c1-26-15-4-2-10(6-14(15)19)3-5-16(23)22-13-8-11(17(20)24)7-12(9-13)18(21)25/h2,4,6-9H,3,5H2,1H3,(H2,20,24)(H2,21,25)(H,22,23). The Kier molecular flexibility index (Phi) is 6.35. The van der Waals surface area contributed by atoms with Crippen LogP contribution in [0.15, 0.2) is 40.9 Å². The molecule has 5 N–H and O–H groups in total. The maximum atomic E-state index is 12.2. The highest BCUT2D eigenvalue weighted by Gasteiger charge is 2.11. The number of aryl methyl sites for hydroxylation is 1. The van der Waals surface area contributed by atoms with E-state index in [1.165, 1.54) is 18.2 Å². The van der Waals surface area contributed by atoms with Crippen molar-refractivity contribution in [1.29, 1.82) is 0 Å². The lowest BCUT2D eigenvalue weighted by molar-refractivity contribution is -0.116. The van der Waals surface area contributed by atoms with Crippen LogP contribution in [0.1, 0.15) is 32.7 Å². The van der Waals surface area contributed by atoms with Crippen molar-refractivity contribution in [1.82, 2.24) is 0 Å². The van der Waals surface area contributed by atoms with Gasteiger partial charge in [0.1, 0.15) is 5.75 Å². The average Bonchev–Trinajstić information content (AvgIpc) is 2.59. The molecule has 26 heavy (non-hydrogen) atoms. The Morgan fingerprint density at radius 1 is 1.04 bits per heavy atom. The van der Waals surface area contributed by atoms with E-state index in [4.69, 9.17) is 16.2 Å². The van der Waals surface area contributed by atoms with Gasteiger partial charge in [-0.3, -0.25) is 14.4 Å². The molecular weight excluding hydrogens is 402 g/mol. The predicted octanol–water partition coefficient (Wildman–Crippen LogP) is 2.23. The number of methoxy groups -OCH3 is 1. The Hall–Kier alpha value is -2.87. The summed E-state index contributed by atoms with van der Waals surface area (Å²) >= 11 is 3.40. The van der Waals surface area contributed by atoms with Gasteiger partial charge in [0.2, 0.25) is 17.7 Å². The predicted molar refractivity (Wildman–Crippen MR) is 101 cm³/mol. The summed E-state index contributed by atoms with van der Waals surface area (Å²) in [5, 5.41) is 2.65. The van der Waals surface area contributed by atoms with Crippen LogP contribution in [0.2, 0.25) is 0 Å². The SMILES string of the molecule is COc1ccc(CCC(=O)Nc2cc(C(N)=O)cc(C(N)=O)c2)cc1Br. The maximum absolute atomic E-state index is 12.2. The number of carbonyl (C=O) groups is 3. The lowest BCUT2D eigenvalue weighted by Gasteiger charge is -2.09. The van der Waals surface area contributed by atoms with Crippen molar-refractivity contribution < 1.29 is 19.1 Å². The number of amides is 3. The molecule has 0 bridgehead atoms. The van der Waals surface area contributed by atoms with Gasteiger partial charge in [-0.2, -0.15) is 0 Å². The van der Waals surface area contributed by atoms with E-state index in [2.05, 4.69) is 21.2 Å². The fourth-order valence-electron chi connectivity index (χ4n) is 2.33. The highest BCUT2D eigenvalue weighted by Crippen LogP contribution is 2.26. The van der Waals surface area contributed by atoms with Gasteiger partial charge in [0, 0.05) is 23.2 Å². The van der Waals surface area contributed by atoms with Crippen LogP contribution in [-0.4, -0.2) is 24.8 Å². The van der Waals surface area contributed by atoms with Crippen LogP contribution in [-0.2, 0) is 11.2 Å². The number of halogens is 1. The number of anilines is 1. The molecule has 0 fully saturated rings. The van der Waals surface area contributed by atoms with Crippen LogP contribution < -0.4 is 21.5 Å². The molecular formula is C18H18BrN3O4. The minimum atomic E-state index is -0.716. The Labute approximate surface area is 158 Å². The Balaban J connectivity index is 2.06. The van der Waals surface area contributed by atoms with Crippen LogP contribution in [0.25, 0.3) is 0 Å². The van der Waals surface area contributed by atoms with E-state index < -0.39 is 11.8 Å². The molecule has 0 aliphatic rings. The molecule has 0 unspecified atom stereocenters. The van der Waals surface area contributed by atoms with Crippen LogP contribution in [0, 0.1) is 0 Å². The molecule has 3 amide bonds. The summed E-state index contributed by atoms with van der Waals surface area (Å²) in [6.45, 7) is 0. The van der Waals surface area contributed by atoms with Crippen molar-refractivity contribution in [2.45, 2.75) is 12.8 Å². The minimum Gasteiger partial charge on any atom is -0.496 e. The molecule has 0 saturated carbocycles. The van der Waals surface area contributed by atoms with Gasteiger partial charge >= 0.3 is 0 Å². The van der Waals surface area contributed by atoms with E-state index in [-0.39, 0.29) is 29.1 Å². The third-order valence-electron chi connectivity index (χ3n) is 3.64. The lowest BCUT2D eigenvalue weighted by Crippen LogP contribution is -2.18. The molecule has 0 radical (unpaired) electrons. The molecule has 0 atom stereocenters. The molecule has 2 aromatic rings. The van der Waals surface area contributed by atoms with Gasteiger partial charge in [-0.1, -0.05) is 6.07 Å². The van der Waals surface area contributed by atoms with Gasteiger partial charge in [0.05, 0.1) is 11.6 Å². The van der Waals surface area contributed by atoms with Gasteiger partial charge in [0.15, 0.2) is 0 Å². The molecule has 0 aliphatic heterocycles. The third-order valence-corrected chi connectivity index (χ3v) is 4.26. The molecule has 7 nitrogen and oxygen atoms in total. The fraction of sp³-hybridized carbons (Fsp3) is 0.167. The minimum absolute atomic E-state index is 0.0932. The van der Waals surface area contributed by atoms with Gasteiger partial charge in [-0.15, -0.1) is 0 Å². The van der Waals surface area contributed by atoms with Crippen molar-refractivity contribution >= 4 is 39.3 Å². The largest absolute Gasteiger partial charge is 0.496 e. The number of nitrogens with one attached hydrogen (secondary N) is 1. The molecule has 0 saturated heterocycles. The number of hydrogen-bond donors (Lipinski definition) is 3. The number of ether oxygens (including phenoxy) is 1. The maximum Gasteiger partial charge on any atom is 0.248 e. The Morgan fingerprint density at radius 2 is 1.65 bits per heavy atom. The number of carbonyl (C=O) groups excluding carboxylic acids is 3. The molecule has 0 heterocycles. The monoisotopic (exact) mass is 419 g/mol. The molecule has 2 rings (SSSR count). The second kappa shape index (κ2) is 8.48. The number of benzene rings is 2. The van der Waals surface area contributed by atoms with E-state index in [0.717, 1.165) is 10.0 Å². The highest BCUT2D eigenvalue weighted by molar-refractivity contribution is 9.10. The van der Waals surface area contributed by atoms with Crippen molar-refractivity contribution in [3.63, 3.8) is 0 Å². The first-order valence-corrected chi connectivity index (χ1v) is 8.46. The number of hydrogen-bond acceptors (Lipinski definition) is 4. The average molecular weight is 420 g/mol. The summed E-state index contributed by atoms with van der Waals surface area (Å²) in [4.78, 5) is 34.9. The summed E-state index contributed by atoms with van der Waals surface area (Å²) < 4.78 is 5.97. The molecule has 8 heteroatoms. The summed E-state index contributed by atoms with van der Waals surface area (Å²) in [7, 11) is 1.58. The summed E-state index contributed by atoms with van der Waals surface area (Å²) in [6, 6.07) is 9.65. The zero-order valence-corrected chi connectivity index (χ0v) is 15.6. The highest BCUT2D eigenvalue weighted by atomic mass is 79.9. The summed E-state index contributed by atoms with van der Waals surface area (Å²) in [6.07, 6.45) is 0.720. The van der Waals surface area contributed by atoms with E-state index >= 15 is 0 Å². The van der Waals surface area contributed by atoms with Crippen molar-refractivity contribution in [3.8, 4) is 5.75 Å². The van der Waals surface area contributed by atoms with Crippen molar-refractivity contribution in [2.75, 3.05) is 12.4 Å². The second-order valence-corrected chi connectivity index (χ2v) is 6.40. The fourth-order valence-corrected chi connectivity index (χ4v) is 2.92. The molecule has 0 aromatic heterocycles. The number of primary amides is 2.